The standard InChI is InChI=1S/C14H19N3O2/c1-15-12-4-3-11-8-14(17-9-18,13(19)16-2)6-5-10(11)7-12/h3-4,7,9,15H,5-6,8H2,1-2H3,(H,16,19)(H,17,18). The van der Waals surface area contributed by atoms with Crippen LogP contribution in [0.1, 0.15) is 17.5 Å². The second-order valence-electron chi connectivity index (χ2n) is 4.83. The van der Waals surface area contributed by atoms with Crippen LogP contribution in [0.5, 0.6) is 0 Å². The van der Waals surface area contributed by atoms with Gasteiger partial charge in [0.05, 0.1) is 0 Å². The summed E-state index contributed by atoms with van der Waals surface area (Å²) in [5, 5.41) is 8.46. The Morgan fingerprint density at radius 1 is 1.32 bits per heavy atom. The van der Waals surface area contributed by atoms with E-state index in [0.717, 1.165) is 17.7 Å². The van der Waals surface area contributed by atoms with Crippen LogP contribution >= 0.6 is 0 Å². The van der Waals surface area contributed by atoms with Crippen LogP contribution in [0.3, 0.4) is 0 Å². The van der Waals surface area contributed by atoms with Crippen LogP contribution in [0.4, 0.5) is 5.69 Å². The molecule has 1 aromatic rings. The number of carbonyl (C=O) groups is 2. The van der Waals surface area contributed by atoms with Crippen molar-refractivity contribution in [1.82, 2.24) is 10.6 Å². The number of fused-ring (bicyclic) bond motifs is 1. The molecule has 0 fully saturated rings. The number of carbonyl (C=O) groups excluding carboxylic acids is 2. The highest BCUT2D eigenvalue weighted by atomic mass is 16.2. The Bertz CT molecular complexity index is 501. The molecule has 0 heterocycles. The molecule has 0 radical (unpaired) electrons. The second-order valence-corrected chi connectivity index (χ2v) is 4.83. The fourth-order valence-corrected chi connectivity index (χ4v) is 2.68. The predicted molar refractivity (Wildman–Crippen MR) is 74.0 cm³/mol. The summed E-state index contributed by atoms with van der Waals surface area (Å²) in [6.45, 7) is 0. The number of rotatable bonds is 4. The minimum atomic E-state index is -0.815. The van der Waals surface area contributed by atoms with E-state index in [1.54, 1.807) is 7.05 Å². The van der Waals surface area contributed by atoms with Crippen LogP contribution in [0.2, 0.25) is 0 Å². The van der Waals surface area contributed by atoms with E-state index in [1.807, 2.05) is 19.2 Å². The Kier molecular flexibility index (Phi) is 3.74. The Hall–Kier alpha value is -2.04. The van der Waals surface area contributed by atoms with Crippen LogP contribution in [0, 0.1) is 0 Å². The topological polar surface area (TPSA) is 70.2 Å². The third kappa shape index (κ3) is 2.41. The molecule has 2 amide bonds. The molecule has 1 unspecified atom stereocenters. The molecule has 3 N–H and O–H groups in total. The summed E-state index contributed by atoms with van der Waals surface area (Å²) in [6, 6.07) is 6.11. The van der Waals surface area contributed by atoms with Gasteiger partial charge in [0.25, 0.3) is 0 Å². The molecule has 5 nitrogen and oxygen atoms in total. The van der Waals surface area contributed by atoms with Crippen molar-refractivity contribution in [2.45, 2.75) is 24.8 Å². The molecule has 0 spiro atoms. The first-order valence-corrected chi connectivity index (χ1v) is 6.38. The van der Waals surface area contributed by atoms with Gasteiger partial charge >= 0.3 is 0 Å². The summed E-state index contributed by atoms with van der Waals surface area (Å²) < 4.78 is 0. The lowest BCUT2D eigenvalue weighted by molar-refractivity contribution is -0.130. The fraction of sp³-hybridized carbons (Fsp3) is 0.429. The number of hydrogen-bond acceptors (Lipinski definition) is 3. The molecule has 0 saturated heterocycles. The van der Waals surface area contributed by atoms with Crippen LogP contribution in [-0.2, 0) is 22.4 Å². The van der Waals surface area contributed by atoms with Gasteiger partial charge in [-0.05, 0) is 36.1 Å². The molecule has 1 aromatic carbocycles. The quantitative estimate of drug-likeness (QED) is 0.689. The Labute approximate surface area is 112 Å². The van der Waals surface area contributed by atoms with Crippen molar-refractivity contribution < 1.29 is 9.59 Å². The fourth-order valence-electron chi connectivity index (χ4n) is 2.68. The summed E-state index contributed by atoms with van der Waals surface area (Å²) in [5.41, 5.74) is 2.60. The summed E-state index contributed by atoms with van der Waals surface area (Å²) in [7, 11) is 3.48. The maximum Gasteiger partial charge on any atom is 0.245 e. The first-order chi connectivity index (χ1) is 9.15. The van der Waals surface area contributed by atoms with Gasteiger partial charge in [0.2, 0.25) is 12.3 Å². The van der Waals surface area contributed by atoms with Gasteiger partial charge in [-0.25, -0.2) is 0 Å². The Balaban J connectivity index is 2.33. The molecule has 0 aliphatic heterocycles. The average Bonchev–Trinajstić information content (AvgIpc) is 2.46. The van der Waals surface area contributed by atoms with Crippen LogP contribution in [-0.4, -0.2) is 32.0 Å². The second kappa shape index (κ2) is 5.30. The smallest absolute Gasteiger partial charge is 0.245 e. The molecule has 0 aromatic heterocycles. The van der Waals surface area contributed by atoms with Gasteiger partial charge in [-0.3, -0.25) is 9.59 Å². The zero-order chi connectivity index (χ0) is 13.9. The molecule has 2 rings (SSSR count). The summed E-state index contributed by atoms with van der Waals surface area (Å²) in [6.07, 6.45) is 2.54. The van der Waals surface area contributed by atoms with Crippen molar-refractivity contribution in [3.05, 3.63) is 29.3 Å². The third-order valence-corrected chi connectivity index (χ3v) is 3.81. The van der Waals surface area contributed by atoms with Gasteiger partial charge in [0.15, 0.2) is 0 Å². The monoisotopic (exact) mass is 261 g/mol. The van der Waals surface area contributed by atoms with Crippen LogP contribution < -0.4 is 16.0 Å². The molecule has 1 aliphatic carbocycles. The lowest BCUT2D eigenvalue weighted by atomic mass is 9.77. The van der Waals surface area contributed by atoms with E-state index in [1.165, 1.54) is 5.56 Å². The molecule has 0 saturated carbocycles. The molecule has 19 heavy (non-hydrogen) atoms. The van der Waals surface area contributed by atoms with Gasteiger partial charge in [-0.2, -0.15) is 0 Å². The lowest BCUT2D eigenvalue weighted by Crippen LogP contribution is -2.59. The lowest BCUT2D eigenvalue weighted by Gasteiger charge is -2.36. The van der Waals surface area contributed by atoms with Crippen molar-refractivity contribution in [1.29, 1.82) is 0 Å². The van der Waals surface area contributed by atoms with Crippen molar-refractivity contribution in [2.24, 2.45) is 0 Å². The Morgan fingerprint density at radius 3 is 2.74 bits per heavy atom. The van der Waals surface area contributed by atoms with Gasteiger partial charge in [-0.15, -0.1) is 0 Å². The zero-order valence-electron chi connectivity index (χ0n) is 11.2. The van der Waals surface area contributed by atoms with E-state index in [9.17, 15) is 9.59 Å². The molecule has 102 valence electrons. The van der Waals surface area contributed by atoms with Crippen molar-refractivity contribution in [3.8, 4) is 0 Å². The van der Waals surface area contributed by atoms with Gasteiger partial charge in [0.1, 0.15) is 5.54 Å². The predicted octanol–water partition coefficient (Wildman–Crippen LogP) is 0.448. The number of aryl methyl sites for hydroxylation is 1. The number of likely N-dealkylation sites (N-methyl/N-ethyl adjacent to an activating group) is 1. The molecular weight excluding hydrogens is 242 g/mol. The molecule has 1 atom stereocenters. The van der Waals surface area contributed by atoms with Crippen molar-refractivity contribution in [3.63, 3.8) is 0 Å². The summed E-state index contributed by atoms with van der Waals surface area (Å²) >= 11 is 0. The maximum absolute atomic E-state index is 12.1. The minimum Gasteiger partial charge on any atom is -0.388 e. The molecule has 0 bridgehead atoms. The number of anilines is 1. The number of nitrogens with one attached hydrogen (secondary N) is 3. The van der Waals surface area contributed by atoms with E-state index in [0.29, 0.717) is 19.3 Å². The van der Waals surface area contributed by atoms with Gasteiger partial charge in [0, 0.05) is 26.2 Å². The number of hydrogen-bond donors (Lipinski definition) is 3. The van der Waals surface area contributed by atoms with E-state index in [2.05, 4.69) is 22.0 Å². The van der Waals surface area contributed by atoms with Gasteiger partial charge in [-0.1, -0.05) is 6.07 Å². The SMILES string of the molecule is CNC(=O)C1(NC=O)CCc2cc(NC)ccc2C1. The minimum absolute atomic E-state index is 0.136. The van der Waals surface area contributed by atoms with E-state index in [-0.39, 0.29) is 5.91 Å². The zero-order valence-corrected chi connectivity index (χ0v) is 11.2. The third-order valence-electron chi connectivity index (χ3n) is 3.81. The van der Waals surface area contributed by atoms with Gasteiger partial charge < -0.3 is 16.0 Å². The number of amides is 2. The molecular formula is C14H19N3O2. The van der Waals surface area contributed by atoms with E-state index in [4.69, 9.17) is 0 Å². The first kappa shape index (κ1) is 13.4. The molecule has 5 heteroatoms. The van der Waals surface area contributed by atoms with E-state index < -0.39 is 5.54 Å². The number of benzene rings is 1. The highest BCUT2D eigenvalue weighted by molar-refractivity contribution is 5.88. The van der Waals surface area contributed by atoms with Crippen LogP contribution in [0.25, 0.3) is 0 Å². The maximum atomic E-state index is 12.1. The van der Waals surface area contributed by atoms with E-state index >= 15 is 0 Å². The highest BCUT2D eigenvalue weighted by Crippen LogP contribution is 2.30. The summed E-state index contributed by atoms with van der Waals surface area (Å²) in [4.78, 5) is 22.9. The largest absolute Gasteiger partial charge is 0.388 e. The highest BCUT2D eigenvalue weighted by Gasteiger charge is 2.40. The Morgan fingerprint density at radius 2 is 2.11 bits per heavy atom. The van der Waals surface area contributed by atoms with Crippen molar-refractivity contribution >= 4 is 18.0 Å². The molecule has 1 aliphatic rings. The first-order valence-electron chi connectivity index (χ1n) is 6.38. The normalized spacial score (nSPS) is 21.2. The van der Waals surface area contributed by atoms with Crippen LogP contribution in [0.15, 0.2) is 18.2 Å². The summed E-state index contributed by atoms with van der Waals surface area (Å²) in [5.74, 6) is -0.136. The van der Waals surface area contributed by atoms with Crippen molar-refractivity contribution in [2.75, 3.05) is 19.4 Å². The average molecular weight is 261 g/mol.